The molecule has 0 atom stereocenters. The van der Waals surface area contributed by atoms with Gasteiger partial charge in [-0.2, -0.15) is 0 Å². The molecule has 0 heterocycles. The first-order valence-electron chi connectivity index (χ1n) is 0.204. The zero-order valence-electron chi connectivity index (χ0n) is 1.49. The molecule has 0 aromatic carbocycles. The van der Waals surface area contributed by atoms with E-state index in [-0.39, 0.29) is 97.1 Å². The van der Waals surface area contributed by atoms with E-state index in [0.717, 1.165) is 0 Å². The van der Waals surface area contributed by atoms with Crippen molar-refractivity contribution in [3.8, 4) is 0 Å². The second kappa shape index (κ2) is 16.6. The van der Waals surface area contributed by atoms with E-state index in [1.807, 2.05) is 0 Å². The van der Waals surface area contributed by atoms with Crippen LogP contribution in [0.3, 0.4) is 0 Å². The topological polar surface area (TPSA) is 17.1 Å². The Bertz CT molecular complexity index is 8.00. The number of hydrogen-bond acceptors (Lipinski definition) is 1. The van der Waals surface area contributed by atoms with E-state index in [2.05, 4.69) is 0 Å². The van der Waals surface area contributed by atoms with Gasteiger partial charge in [-0.05, 0) is 0 Å². The fourth-order valence-electron chi connectivity index (χ4n) is 0. The average Bonchev–Trinajstić information content (AvgIpc) is 1.00. The van der Waals surface area contributed by atoms with Crippen molar-refractivity contribution >= 4 is 71.3 Å². The van der Waals surface area contributed by atoms with Crippen molar-refractivity contribution in [3.05, 3.63) is 0 Å². The molecule has 4 heavy (non-hydrogen) atoms. The van der Waals surface area contributed by atoms with Crippen LogP contribution >= 0.6 is 0 Å². The maximum atomic E-state index is 8.39. The molecule has 0 rings (SSSR count). The maximum absolute atomic E-state index is 8.39. The average molecular weight is 358 g/mol. The quantitative estimate of drug-likeness (QED) is 0.487. The van der Waals surface area contributed by atoms with Gasteiger partial charge in [-0.3, -0.25) is 0 Å². The molecule has 0 aromatic rings. The monoisotopic (exact) mass is 359 g/mol. The normalized spacial score (nSPS) is 1.00. The summed E-state index contributed by atoms with van der Waals surface area (Å²) in [5, 5.41) is 0. The van der Waals surface area contributed by atoms with Gasteiger partial charge in [-0.1, -0.05) is 0 Å². The van der Waals surface area contributed by atoms with Gasteiger partial charge >= 0.3 is 73.9 Å². The van der Waals surface area contributed by atoms with Crippen LogP contribution in [0.1, 0.15) is 0 Å². The van der Waals surface area contributed by atoms with E-state index in [4.69, 9.17) is 2.69 Å². The zero-order chi connectivity index (χ0) is 2.00. The minimum atomic E-state index is 0. The molecule has 1 nitrogen and oxygen atoms in total. The first kappa shape index (κ1) is 15.7. The summed E-state index contributed by atoms with van der Waals surface area (Å²) < 4.78 is 8.39. The fourth-order valence-corrected chi connectivity index (χ4v) is 0. The van der Waals surface area contributed by atoms with Crippen LogP contribution in [0.4, 0.5) is 0 Å². The van der Waals surface area contributed by atoms with Gasteiger partial charge in [0.15, 0.2) is 0 Å². The fraction of sp³-hybridized carbons (Fsp3) is 0. The molecule has 0 aliphatic rings. The standard InChI is InChI=1S/O.Pb.Sc.Sr.2H. The molecule has 0 saturated heterocycles. The van der Waals surface area contributed by atoms with E-state index < -0.39 is 0 Å². The molecule has 0 aromatic heterocycles. The summed E-state index contributed by atoms with van der Waals surface area (Å²) in [6.45, 7) is 0. The van der Waals surface area contributed by atoms with Crippen molar-refractivity contribution in [1.29, 1.82) is 0 Å². The molecule has 0 spiro atoms. The Morgan fingerprint density at radius 2 is 1.25 bits per heavy atom. The van der Waals surface area contributed by atoms with E-state index in [9.17, 15) is 0 Å². The van der Waals surface area contributed by atoms with Gasteiger partial charge in [0.05, 0.1) is 0 Å². The van der Waals surface area contributed by atoms with Crippen LogP contribution in [0.15, 0.2) is 0 Å². The minimum absolute atomic E-state index is 0. The number of rotatable bonds is 0. The van der Waals surface area contributed by atoms with Crippen LogP contribution in [-0.2, 0) is 28.5 Å². The second-order valence-corrected chi connectivity index (χ2v) is 0. The molecular weight excluding hydrogens is 356 g/mol. The molecule has 0 bridgehead atoms. The van der Waals surface area contributed by atoms with Crippen molar-refractivity contribution in [1.82, 2.24) is 0 Å². The van der Waals surface area contributed by atoms with Crippen LogP contribution in [-0.4, -0.2) is 71.3 Å². The van der Waals surface area contributed by atoms with Crippen LogP contribution in [0.2, 0.25) is 0 Å². The van der Waals surface area contributed by atoms with Crippen molar-refractivity contribution < 1.29 is 28.5 Å². The van der Waals surface area contributed by atoms with E-state index in [1.165, 1.54) is 0 Å². The Hall–Kier alpha value is 3.07. The van der Waals surface area contributed by atoms with Gasteiger partial charge in [0.25, 0.3) is 0 Å². The van der Waals surface area contributed by atoms with Crippen molar-refractivity contribution in [2.45, 2.75) is 0 Å². The molecule has 0 N–H and O–H groups in total. The predicted octanol–water partition coefficient (Wildman–Crippen LogP) is -1.42. The first-order chi connectivity index (χ1) is 1.00. The molecule has 0 amide bonds. The summed E-state index contributed by atoms with van der Waals surface area (Å²) in [4.78, 5) is 0. The van der Waals surface area contributed by atoms with Crippen LogP contribution in [0.25, 0.3) is 0 Å². The summed E-state index contributed by atoms with van der Waals surface area (Å²) in [7, 11) is 0. The molecule has 0 aliphatic heterocycles. The summed E-state index contributed by atoms with van der Waals surface area (Å²) in [6.07, 6.45) is 0. The molecule has 0 saturated carbocycles. The molecule has 3 radical (unpaired) electrons. The summed E-state index contributed by atoms with van der Waals surface area (Å²) in [5.74, 6) is 0. The van der Waals surface area contributed by atoms with Gasteiger partial charge in [0.1, 0.15) is 0 Å². The second-order valence-electron chi connectivity index (χ2n) is 0. The molecule has 0 aliphatic carbocycles. The molecule has 17 valence electrons. The van der Waals surface area contributed by atoms with Gasteiger partial charge < -0.3 is 0 Å². The first-order valence-corrected chi connectivity index (χ1v) is 1.79. The van der Waals surface area contributed by atoms with Gasteiger partial charge in [0.2, 0.25) is 0 Å². The van der Waals surface area contributed by atoms with Gasteiger partial charge in [-0.15, -0.1) is 0 Å². The van der Waals surface area contributed by atoms with E-state index in [1.54, 1.807) is 0 Å². The summed E-state index contributed by atoms with van der Waals surface area (Å²) in [5.41, 5.74) is 0. The molecule has 0 fully saturated rings. The van der Waals surface area contributed by atoms with E-state index in [0.29, 0.717) is 0 Å². The summed E-state index contributed by atoms with van der Waals surface area (Å²) in [6, 6.07) is 0. The molecular formula is H2OPbScSr. The zero-order valence-corrected chi connectivity index (χ0v) is 7.18. The molecule has 4 heteroatoms. The van der Waals surface area contributed by atoms with Crippen molar-refractivity contribution in [3.63, 3.8) is 0 Å². The van der Waals surface area contributed by atoms with Crippen molar-refractivity contribution in [2.75, 3.05) is 0 Å². The molecule has 0 unspecified atom stereocenters. The van der Waals surface area contributed by atoms with Gasteiger partial charge in [-0.25, -0.2) is 0 Å². The Labute approximate surface area is 97.1 Å². The van der Waals surface area contributed by atoms with Gasteiger partial charge in [0, 0.05) is 25.8 Å². The SMILES string of the molecule is [O]=[Pb].[Sc].[SrH2]. The Morgan fingerprint density at radius 3 is 1.25 bits per heavy atom. The van der Waals surface area contributed by atoms with Crippen LogP contribution in [0.5, 0.6) is 0 Å². The van der Waals surface area contributed by atoms with E-state index >= 15 is 0 Å². The Balaban J connectivity index is -0.00000000500. The third-order valence-corrected chi connectivity index (χ3v) is 0. The third kappa shape index (κ3) is 8.91. The summed E-state index contributed by atoms with van der Waals surface area (Å²) >= 11 is 0.0556. The third-order valence-electron chi connectivity index (χ3n) is 0. The van der Waals surface area contributed by atoms with Crippen LogP contribution in [0, 0.1) is 0 Å². The Morgan fingerprint density at radius 1 is 1.25 bits per heavy atom. The van der Waals surface area contributed by atoms with Crippen LogP contribution < -0.4 is 0 Å². The predicted molar refractivity (Wildman–Crippen MR) is 15.0 cm³/mol. The number of hydrogen-bond donors (Lipinski definition) is 0. The Kier molecular flexibility index (Phi) is 65.1. The van der Waals surface area contributed by atoms with Crippen molar-refractivity contribution in [2.24, 2.45) is 0 Å².